The van der Waals surface area contributed by atoms with Crippen LogP contribution in [0.2, 0.25) is 0 Å². The van der Waals surface area contributed by atoms with Crippen molar-refractivity contribution in [2.24, 2.45) is 0 Å². The Morgan fingerprint density at radius 1 is 1.78 bits per heavy atom. The molecule has 0 radical (unpaired) electrons. The first-order valence-corrected chi connectivity index (χ1v) is 2.68. The first-order valence-electron chi connectivity index (χ1n) is 2.68. The fourth-order valence-electron chi connectivity index (χ4n) is 0.772. The summed E-state index contributed by atoms with van der Waals surface area (Å²) in [7, 11) is 1.76. The van der Waals surface area contributed by atoms with Crippen molar-refractivity contribution in [2.75, 3.05) is 7.05 Å². The van der Waals surface area contributed by atoms with Crippen molar-refractivity contribution >= 4 is 29.8 Å². The van der Waals surface area contributed by atoms with Crippen LogP contribution in [0.15, 0.2) is 0 Å². The smallest absolute Gasteiger partial charge is 0.123 e. The van der Waals surface area contributed by atoms with Gasteiger partial charge in [0, 0.05) is 13.5 Å². The van der Waals surface area contributed by atoms with E-state index in [1.807, 2.05) is 6.92 Å². The van der Waals surface area contributed by atoms with Gasteiger partial charge in [-0.1, -0.05) is 0 Å². The van der Waals surface area contributed by atoms with Gasteiger partial charge in [0.2, 0.25) is 0 Å². The Hall–Kier alpha value is 0.160. The second-order valence-corrected chi connectivity index (χ2v) is 2.06. The maximum atomic E-state index is 7.19. The third-order valence-corrected chi connectivity index (χ3v) is 1.20. The van der Waals surface area contributed by atoms with Gasteiger partial charge >= 0.3 is 0 Å². The van der Waals surface area contributed by atoms with E-state index in [1.165, 1.54) is 5.06 Å². The predicted octanol–water partition coefficient (Wildman–Crippen LogP) is 1.24. The highest BCUT2D eigenvalue weighted by molar-refractivity contribution is 14.0. The van der Waals surface area contributed by atoms with Gasteiger partial charge in [-0.25, -0.2) is 5.06 Å². The van der Waals surface area contributed by atoms with Crippen LogP contribution in [0.3, 0.4) is 0 Å². The van der Waals surface area contributed by atoms with Crippen molar-refractivity contribution in [3.63, 3.8) is 0 Å². The van der Waals surface area contributed by atoms with Gasteiger partial charge < -0.3 is 0 Å². The van der Waals surface area contributed by atoms with Gasteiger partial charge in [-0.3, -0.25) is 10.2 Å². The largest absolute Gasteiger partial charge is 0.287 e. The molecule has 1 unspecified atom stereocenters. The fraction of sp³-hybridized carbons (Fsp3) is 0.800. The van der Waals surface area contributed by atoms with Crippen molar-refractivity contribution in [3.05, 3.63) is 0 Å². The Labute approximate surface area is 71.8 Å². The predicted molar refractivity (Wildman–Crippen MR) is 46.1 cm³/mol. The lowest BCUT2D eigenvalue weighted by atomic mass is 10.3. The van der Waals surface area contributed by atoms with Gasteiger partial charge in [0.1, 0.15) is 5.84 Å². The number of hydroxylamine groups is 2. The number of halogens is 1. The summed E-state index contributed by atoms with van der Waals surface area (Å²) in [5, 5.41) is 8.69. The SMILES string of the molecule is CC1CC(=N)N(C)O1.I. The van der Waals surface area contributed by atoms with E-state index in [9.17, 15) is 0 Å². The third kappa shape index (κ3) is 2.09. The van der Waals surface area contributed by atoms with E-state index in [1.54, 1.807) is 7.05 Å². The third-order valence-electron chi connectivity index (χ3n) is 1.20. The number of amidine groups is 1. The lowest BCUT2D eigenvalue weighted by Crippen LogP contribution is -2.16. The van der Waals surface area contributed by atoms with Gasteiger partial charge in [0.15, 0.2) is 0 Å². The number of nitrogens with zero attached hydrogens (tertiary/aromatic N) is 1. The Kier molecular flexibility index (Phi) is 3.42. The summed E-state index contributed by atoms with van der Waals surface area (Å²) in [6.07, 6.45) is 0.948. The molecule has 0 saturated carbocycles. The van der Waals surface area contributed by atoms with Crippen LogP contribution in [-0.2, 0) is 4.84 Å². The summed E-state index contributed by atoms with van der Waals surface area (Å²) >= 11 is 0. The molecule has 0 aromatic rings. The fourth-order valence-corrected chi connectivity index (χ4v) is 0.772. The molecule has 3 nitrogen and oxygen atoms in total. The van der Waals surface area contributed by atoms with E-state index in [2.05, 4.69) is 0 Å². The Bertz CT molecular complexity index is 118. The summed E-state index contributed by atoms with van der Waals surface area (Å²) in [5.41, 5.74) is 0. The molecule has 0 aliphatic carbocycles. The van der Waals surface area contributed by atoms with Crippen LogP contribution < -0.4 is 0 Å². The molecule has 1 fully saturated rings. The van der Waals surface area contributed by atoms with Gasteiger partial charge in [-0.2, -0.15) is 0 Å². The monoisotopic (exact) mass is 242 g/mol. The highest BCUT2D eigenvalue weighted by atomic mass is 127. The maximum absolute atomic E-state index is 7.19. The summed E-state index contributed by atoms with van der Waals surface area (Å²) in [6.45, 7) is 1.96. The number of hydrogen-bond donors (Lipinski definition) is 1. The van der Waals surface area contributed by atoms with E-state index in [4.69, 9.17) is 10.2 Å². The summed E-state index contributed by atoms with van der Waals surface area (Å²) in [6, 6.07) is 0. The van der Waals surface area contributed by atoms with Crippen molar-refractivity contribution in [3.8, 4) is 0 Å². The van der Waals surface area contributed by atoms with E-state index in [0.29, 0.717) is 5.84 Å². The number of rotatable bonds is 0. The van der Waals surface area contributed by atoms with Crippen molar-refractivity contribution in [1.82, 2.24) is 5.06 Å². The van der Waals surface area contributed by atoms with E-state index in [-0.39, 0.29) is 30.1 Å². The molecule has 1 saturated heterocycles. The molecule has 0 amide bonds. The molecule has 1 atom stereocenters. The summed E-state index contributed by atoms with van der Waals surface area (Å²) < 4.78 is 0. The Morgan fingerprint density at radius 3 is 2.44 bits per heavy atom. The summed E-state index contributed by atoms with van der Waals surface area (Å²) in [5.74, 6) is 0.567. The lowest BCUT2D eigenvalue weighted by Gasteiger charge is -2.07. The van der Waals surface area contributed by atoms with E-state index < -0.39 is 0 Å². The highest BCUT2D eigenvalue weighted by Gasteiger charge is 2.20. The number of hydrogen-bond acceptors (Lipinski definition) is 2. The van der Waals surface area contributed by atoms with Crippen LogP contribution in [0.5, 0.6) is 0 Å². The van der Waals surface area contributed by atoms with Crippen LogP contribution in [0, 0.1) is 5.41 Å². The molecule has 54 valence electrons. The van der Waals surface area contributed by atoms with E-state index in [0.717, 1.165) is 6.42 Å². The molecular formula is C5H11IN2O. The second kappa shape index (κ2) is 3.36. The molecule has 1 aliphatic heterocycles. The second-order valence-electron chi connectivity index (χ2n) is 2.06. The van der Waals surface area contributed by atoms with Crippen LogP contribution >= 0.6 is 24.0 Å². The zero-order chi connectivity index (χ0) is 6.15. The van der Waals surface area contributed by atoms with Gasteiger partial charge in [0.05, 0.1) is 6.10 Å². The van der Waals surface area contributed by atoms with Crippen LogP contribution in [0.1, 0.15) is 13.3 Å². The molecule has 1 N–H and O–H groups in total. The van der Waals surface area contributed by atoms with Crippen LogP contribution in [0.25, 0.3) is 0 Å². The highest BCUT2D eigenvalue weighted by Crippen LogP contribution is 2.11. The molecular weight excluding hydrogens is 231 g/mol. The minimum atomic E-state index is 0. The van der Waals surface area contributed by atoms with Crippen molar-refractivity contribution in [1.29, 1.82) is 5.41 Å². The molecule has 1 aliphatic rings. The molecule has 0 spiro atoms. The minimum Gasteiger partial charge on any atom is -0.287 e. The quantitative estimate of drug-likeness (QED) is 0.648. The van der Waals surface area contributed by atoms with Gasteiger partial charge in [-0.15, -0.1) is 24.0 Å². The normalized spacial score (nSPS) is 26.2. The van der Waals surface area contributed by atoms with Crippen molar-refractivity contribution < 1.29 is 4.84 Å². The standard InChI is InChI=1S/C5H10N2O.HI/c1-4-3-5(6)7(2)8-4;/h4,6H,3H2,1-2H3;1H. The molecule has 1 heterocycles. The van der Waals surface area contributed by atoms with Crippen LogP contribution in [0.4, 0.5) is 0 Å². The Morgan fingerprint density at radius 2 is 2.33 bits per heavy atom. The Balaban J connectivity index is 0.000000640. The number of nitrogens with one attached hydrogen (secondary N) is 1. The van der Waals surface area contributed by atoms with Gasteiger partial charge in [0.25, 0.3) is 0 Å². The molecule has 9 heavy (non-hydrogen) atoms. The topological polar surface area (TPSA) is 36.3 Å². The first-order chi connectivity index (χ1) is 3.70. The zero-order valence-corrected chi connectivity index (χ0v) is 7.88. The minimum absolute atomic E-state index is 0. The maximum Gasteiger partial charge on any atom is 0.123 e. The average Bonchev–Trinajstić information content (AvgIpc) is 1.85. The van der Waals surface area contributed by atoms with Gasteiger partial charge in [-0.05, 0) is 6.92 Å². The average molecular weight is 242 g/mol. The molecule has 0 aromatic heterocycles. The first kappa shape index (κ1) is 9.16. The zero-order valence-electron chi connectivity index (χ0n) is 5.55. The molecule has 1 rings (SSSR count). The van der Waals surface area contributed by atoms with Crippen molar-refractivity contribution in [2.45, 2.75) is 19.4 Å². The van der Waals surface area contributed by atoms with E-state index >= 15 is 0 Å². The summed E-state index contributed by atoms with van der Waals surface area (Å²) in [4.78, 5) is 5.08. The molecule has 0 aromatic carbocycles. The molecule has 0 bridgehead atoms. The van der Waals surface area contributed by atoms with Crippen LogP contribution in [-0.4, -0.2) is 24.1 Å². The lowest BCUT2D eigenvalue weighted by molar-refractivity contribution is -0.0893. The molecule has 4 heteroatoms.